The van der Waals surface area contributed by atoms with Crippen molar-refractivity contribution in [2.24, 2.45) is 11.7 Å². The Hall–Kier alpha value is -0.120. The molecule has 15 heavy (non-hydrogen) atoms. The Morgan fingerprint density at radius 3 is 2.20 bits per heavy atom. The van der Waals surface area contributed by atoms with Gasteiger partial charge in [0.15, 0.2) is 0 Å². The van der Waals surface area contributed by atoms with E-state index < -0.39 is 0 Å². The third kappa shape index (κ3) is 7.77. The van der Waals surface area contributed by atoms with Gasteiger partial charge in [0.2, 0.25) is 0 Å². The van der Waals surface area contributed by atoms with Crippen LogP contribution in [0.4, 0.5) is 0 Å². The Kier molecular flexibility index (Phi) is 8.02. The molecule has 2 N–H and O–H groups in total. The first-order valence-electron chi connectivity index (χ1n) is 6.06. The molecule has 2 atom stereocenters. The van der Waals surface area contributed by atoms with Crippen molar-refractivity contribution in [2.45, 2.75) is 32.7 Å². The zero-order valence-electron chi connectivity index (χ0n) is 11.2. The topological polar surface area (TPSA) is 32.5 Å². The third-order valence-electron chi connectivity index (χ3n) is 3.04. The van der Waals surface area contributed by atoms with Gasteiger partial charge < -0.3 is 15.5 Å². The number of nitrogens with two attached hydrogens (primary N) is 1. The normalized spacial score (nSPS) is 16.0. The number of rotatable bonds is 8. The summed E-state index contributed by atoms with van der Waals surface area (Å²) in [6.45, 7) is 7.75. The minimum atomic E-state index is 0.319. The molecule has 0 aliphatic rings. The molecule has 0 aromatic carbocycles. The molecule has 92 valence electrons. The lowest BCUT2D eigenvalue weighted by Gasteiger charge is -2.25. The van der Waals surface area contributed by atoms with Crippen LogP contribution in [0.15, 0.2) is 0 Å². The zero-order valence-corrected chi connectivity index (χ0v) is 11.2. The maximum Gasteiger partial charge on any atom is 0.0193 e. The summed E-state index contributed by atoms with van der Waals surface area (Å²) < 4.78 is 0. The van der Waals surface area contributed by atoms with Gasteiger partial charge in [-0.2, -0.15) is 0 Å². The number of likely N-dealkylation sites (N-methyl/N-ethyl adjacent to an activating group) is 1. The maximum atomic E-state index is 6.11. The summed E-state index contributed by atoms with van der Waals surface area (Å²) in [6.07, 6.45) is 2.39. The minimum absolute atomic E-state index is 0.319. The van der Waals surface area contributed by atoms with Gasteiger partial charge in [-0.3, -0.25) is 0 Å². The molecule has 0 fully saturated rings. The SMILES string of the molecule is CCC(C)C(N)CN(C)CCCN(C)C. The summed E-state index contributed by atoms with van der Waals surface area (Å²) in [5, 5.41) is 0. The fourth-order valence-electron chi connectivity index (χ4n) is 1.59. The fraction of sp³-hybridized carbons (Fsp3) is 1.00. The summed E-state index contributed by atoms with van der Waals surface area (Å²) in [4.78, 5) is 4.57. The van der Waals surface area contributed by atoms with Gasteiger partial charge in [0, 0.05) is 12.6 Å². The smallest absolute Gasteiger partial charge is 0.0193 e. The van der Waals surface area contributed by atoms with Gasteiger partial charge in [-0.25, -0.2) is 0 Å². The predicted octanol–water partition coefficient (Wildman–Crippen LogP) is 1.24. The molecule has 3 heteroatoms. The van der Waals surface area contributed by atoms with E-state index in [-0.39, 0.29) is 0 Å². The molecule has 2 unspecified atom stereocenters. The van der Waals surface area contributed by atoms with Crippen LogP contribution in [0.25, 0.3) is 0 Å². The highest BCUT2D eigenvalue weighted by atomic mass is 15.1. The highest BCUT2D eigenvalue weighted by molar-refractivity contribution is 4.71. The van der Waals surface area contributed by atoms with Crippen molar-refractivity contribution in [3.63, 3.8) is 0 Å². The Morgan fingerprint density at radius 2 is 1.73 bits per heavy atom. The Bertz CT molecular complexity index is 148. The van der Waals surface area contributed by atoms with E-state index in [0.717, 1.165) is 19.6 Å². The molecule has 0 rings (SSSR count). The van der Waals surface area contributed by atoms with Gasteiger partial charge in [0.05, 0.1) is 0 Å². The standard InChI is InChI=1S/C12H29N3/c1-6-11(2)12(13)10-15(5)9-7-8-14(3)4/h11-12H,6-10,13H2,1-5H3. The summed E-state index contributed by atoms with van der Waals surface area (Å²) >= 11 is 0. The van der Waals surface area contributed by atoms with Gasteiger partial charge >= 0.3 is 0 Å². The average Bonchev–Trinajstić information content (AvgIpc) is 2.15. The van der Waals surface area contributed by atoms with Crippen molar-refractivity contribution in [2.75, 3.05) is 40.8 Å². The van der Waals surface area contributed by atoms with Gasteiger partial charge in [-0.1, -0.05) is 20.3 Å². The van der Waals surface area contributed by atoms with Gasteiger partial charge in [0.1, 0.15) is 0 Å². The molecular weight excluding hydrogens is 186 g/mol. The summed E-state index contributed by atoms with van der Waals surface area (Å²) in [5.41, 5.74) is 6.11. The van der Waals surface area contributed by atoms with Crippen LogP contribution >= 0.6 is 0 Å². The summed E-state index contributed by atoms with van der Waals surface area (Å²) in [6, 6.07) is 0.319. The van der Waals surface area contributed by atoms with E-state index in [1.165, 1.54) is 12.8 Å². The molecule has 0 saturated heterocycles. The quantitative estimate of drug-likeness (QED) is 0.661. The van der Waals surface area contributed by atoms with E-state index in [2.05, 4.69) is 44.8 Å². The number of hydrogen-bond donors (Lipinski definition) is 1. The first-order chi connectivity index (χ1) is 6.97. The summed E-state index contributed by atoms with van der Waals surface area (Å²) in [7, 11) is 6.40. The van der Waals surface area contributed by atoms with Gasteiger partial charge in [-0.15, -0.1) is 0 Å². The second kappa shape index (κ2) is 8.08. The first-order valence-corrected chi connectivity index (χ1v) is 6.06. The van der Waals surface area contributed by atoms with Crippen LogP contribution in [0.3, 0.4) is 0 Å². The highest BCUT2D eigenvalue weighted by Crippen LogP contribution is 2.06. The molecular formula is C12H29N3. The van der Waals surface area contributed by atoms with E-state index in [1.807, 2.05) is 0 Å². The van der Waals surface area contributed by atoms with E-state index in [0.29, 0.717) is 12.0 Å². The van der Waals surface area contributed by atoms with Crippen LogP contribution in [0, 0.1) is 5.92 Å². The van der Waals surface area contributed by atoms with Crippen molar-refractivity contribution in [3.8, 4) is 0 Å². The van der Waals surface area contributed by atoms with Crippen molar-refractivity contribution in [3.05, 3.63) is 0 Å². The molecule has 0 radical (unpaired) electrons. The molecule has 0 aromatic heterocycles. The Balaban J connectivity index is 3.59. The lowest BCUT2D eigenvalue weighted by molar-refractivity contribution is 0.259. The van der Waals surface area contributed by atoms with E-state index in [9.17, 15) is 0 Å². The summed E-state index contributed by atoms with van der Waals surface area (Å²) in [5.74, 6) is 0.626. The maximum absolute atomic E-state index is 6.11. The lowest BCUT2D eigenvalue weighted by Crippen LogP contribution is -2.40. The van der Waals surface area contributed by atoms with Crippen molar-refractivity contribution < 1.29 is 0 Å². The third-order valence-corrected chi connectivity index (χ3v) is 3.04. The van der Waals surface area contributed by atoms with Crippen LogP contribution in [-0.4, -0.2) is 56.6 Å². The van der Waals surface area contributed by atoms with Gasteiger partial charge in [0.25, 0.3) is 0 Å². The van der Waals surface area contributed by atoms with Crippen LogP contribution in [0.5, 0.6) is 0 Å². The van der Waals surface area contributed by atoms with Crippen LogP contribution < -0.4 is 5.73 Å². The number of hydrogen-bond acceptors (Lipinski definition) is 3. The Labute approximate surface area is 95.6 Å². The largest absolute Gasteiger partial charge is 0.326 e. The second-order valence-electron chi connectivity index (χ2n) is 4.97. The van der Waals surface area contributed by atoms with Crippen molar-refractivity contribution in [1.82, 2.24) is 9.80 Å². The molecule has 0 aromatic rings. The molecule has 0 aliphatic heterocycles. The number of nitrogens with zero attached hydrogens (tertiary/aromatic N) is 2. The van der Waals surface area contributed by atoms with Crippen LogP contribution in [0.2, 0.25) is 0 Å². The molecule has 0 heterocycles. The molecule has 0 bridgehead atoms. The minimum Gasteiger partial charge on any atom is -0.326 e. The van der Waals surface area contributed by atoms with Crippen LogP contribution in [-0.2, 0) is 0 Å². The van der Waals surface area contributed by atoms with E-state index >= 15 is 0 Å². The molecule has 0 aliphatic carbocycles. The highest BCUT2D eigenvalue weighted by Gasteiger charge is 2.12. The van der Waals surface area contributed by atoms with E-state index in [4.69, 9.17) is 5.73 Å². The fourth-order valence-corrected chi connectivity index (χ4v) is 1.59. The van der Waals surface area contributed by atoms with Crippen LogP contribution in [0.1, 0.15) is 26.7 Å². The zero-order chi connectivity index (χ0) is 11.8. The van der Waals surface area contributed by atoms with Crippen molar-refractivity contribution >= 4 is 0 Å². The predicted molar refractivity (Wildman–Crippen MR) is 68.1 cm³/mol. The van der Waals surface area contributed by atoms with E-state index in [1.54, 1.807) is 0 Å². The monoisotopic (exact) mass is 215 g/mol. The average molecular weight is 215 g/mol. The van der Waals surface area contributed by atoms with Gasteiger partial charge in [-0.05, 0) is 46.6 Å². The second-order valence-corrected chi connectivity index (χ2v) is 4.97. The lowest BCUT2D eigenvalue weighted by atomic mass is 10.00. The van der Waals surface area contributed by atoms with Crippen molar-refractivity contribution in [1.29, 1.82) is 0 Å². The Morgan fingerprint density at radius 1 is 1.13 bits per heavy atom. The first kappa shape index (κ1) is 14.9. The molecule has 0 amide bonds. The molecule has 3 nitrogen and oxygen atoms in total. The molecule has 0 spiro atoms. The molecule has 0 saturated carbocycles.